The number of aromatic nitrogens is 2. The normalized spacial score (nSPS) is 14.6. The second-order valence-corrected chi connectivity index (χ2v) is 17.9. The number of aromatic amines is 1. The van der Waals surface area contributed by atoms with Crippen molar-refractivity contribution in [3.05, 3.63) is 90.0 Å². The van der Waals surface area contributed by atoms with Gasteiger partial charge in [-0.1, -0.05) is 74.5 Å². The average Bonchev–Trinajstić information content (AvgIpc) is 3.89. The lowest BCUT2D eigenvalue weighted by molar-refractivity contribution is -0.143. The van der Waals surface area contributed by atoms with Crippen LogP contribution in [0, 0.1) is 5.92 Å². The molecule has 1 heterocycles. The van der Waals surface area contributed by atoms with Crippen LogP contribution in [0.5, 0.6) is 0 Å². The Hall–Kier alpha value is -8.01. The maximum absolute atomic E-state index is 14.4. The zero-order valence-corrected chi connectivity index (χ0v) is 41.9. The van der Waals surface area contributed by atoms with Crippen molar-refractivity contribution in [2.75, 3.05) is 26.3 Å². The number of aliphatic hydroxyl groups excluding tert-OH is 3. The first-order valence-electron chi connectivity index (χ1n) is 24.0. The molecule has 0 bridgehead atoms. The molecule has 8 amide bonds. The second kappa shape index (κ2) is 31.6. The number of aliphatic hydroxyl groups is 3. The van der Waals surface area contributed by atoms with E-state index in [1.54, 1.807) is 74.5 Å². The summed E-state index contributed by atoms with van der Waals surface area (Å²) in [6.07, 6.45) is 1.06. The van der Waals surface area contributed by atoms with Crippen LogP contribution in [0.3, 0.4) is 0 Å². The standard InChI is InChI=1S/C48H70N14O13/c1-26(2)17-35(47(74)75)61-45(72)37(24-64)56-38(66)22-54-40(67)36(23-63)62-41(68)31(15-10-16-53-48(50)51)57-42(69)32(18-28-11-6-4-7-12-28)58-44(71)34(20-30-21-52-25-55-30)59-43(70)33(19-29-13-8-5-9-14-29)60-46(73)39(49)27(3)65/h4-9,11-14,21,25-27,31-37,39,63-65H,10,15-20,22-24,49H2,1-3H3,(H,52,55)(H,54,67)(H,56,66)(H,57,69)(H,58,71)(H,59,70)(H,60,73)(H,61,72)(H,62,68)(H,74,75)(H4,50,51,53)/t27-,31+,32+,33+,34+,35+,36+,37+,39+/m1/s1. The van der Waals surface area contributed by atoms with Crippen molar-refractivity contribution in [1.82, 2.24) is 52.5 Å². The second-order valence-electron chi connectivity index (χ2n) is 17.9. The molecule has 9 atom stereocenters. The number of hydrogen-bond donors (Lipinski definition) is 16. The molecule has 0 saturated heterocycles. The van der Waals surface area contributed by atoms with Gasteiger partial charge in [-0.25, -0.2) is 9.78 Å². The number of carbonyl (C=O) groups is 9. The Balaban J connectivity index is 1.87. The summed E-state index contributed by atoms with van der Waals surface area (Å²) < 4.78 is 0. The van der Waals surface area contributed by atoms with Gasteiger partial charge in [-0.2, -0.15) is 0 Å². The highest BCUT2D eigenvalue weighted by Gasteiger charge is 2.34. The Bertz CT molecular complexity index is 2370. The number of hydrogen-bond acceptors (Lipinski definition) is 15. The molecule has 0 aliphatic heterocycles. The molecule has 3 aromatic rings. The molecule has 0 spiro atoms. The van der Waals surface area contributed by atoms with Crippen LogP contribution in [0.15, 0.2) is 78.2 Å². The van der Waals surface area contributed by atoms with Gasteiger partial charge in [-0.3, -0.25) is 43.3 Å². The number of carboxylic acids is 1. The Labute approximate surface area is 432 Å². The lowest BCUT2D eigenvalue weighted by atomic mass is 10.0. The van der Waals surface area contributed by atoms with Crippen molar-refractivity contribution < 1.29 is 63.6 Å². The highest BCUT2D eigenvalue weighted by atomic mass is 16.4. The molecule has 410 valence electrons. The maximum atomic E-state index is 14.4. The van der Waals surface area contributed by atoms with Gasteiger partial charge in [0.05, 0.1) is 32.2 Å². The number of amides is 8. The summed E-state index contributed by atoms with van der Waals surface area (Å²) in [5, 5.41) is 58.9. The van der Waals surface area contributed by atoms with Crippen LogP contribution >= 0.6 is 0 Å². The van der Waals surface area contributed by atoms with Gasteiger partial charge < -0.3 is 85.1 Å². The van der Waals surface area contributed by atoms with Crippen LogP contribution in [0.2, 0.25) is 0 Å². The molecule has 19 N–H and O–H groups in total. The Morgan fingerprint density at radius 1 is 0.613 bits per heavy atom. The van der Waals surface area contributed by atoms with Crippen molar-refractivity contribution in [2.24, 2.45) is 28.1 Å². The van der Waals surface area contributed by atoms with E-state index in [9.17, 15) is 63.6 Å². The molecule has 27 heteroatoms. The van der Waals surface area contributed by atoms with E-state index in [-0.39, 0.29) is 56.9 Å². The third-order valence-corrected chi connectivity index (χ3v) is 11.2. The molecule has 0 saturated carbocycles. The van der Waals surface area contributed by atoms with Gasteiger partial charge in [0.25, 0.3) is 0 Å². The minimum Gasteiger partial charge on any atom is -0.480 e. The fourth-order valence-corrected chi connectivity index (χ4v) is 7.18. The average molecular weight is 1050 g/mol. The molecule has 3 rings (SSSR count). The summed E-state index contributed by atoms with van der Waals surface area (Å²) in [4.78, 5) is 131. The molecule has 0 fully saturated rings. The molecule has 0 aliphatic carbocycles. The summed E-state index contributed by atoms with van der Waals surface area (Å²) in [5.74, 6) is -9.27. The van der Waals surface area contributed by atoms with Crippen molar-refractivity contribution in [3.63, 3.8) is 0 Å². The van der Waals surface area contributed by atoms with E-state index in [4.69, 9.17) is 17.2 Å². The number of nitrogens with two attached hydrogens (primary N) is 3. The largest absolute Gasteiger partial charge is 0.480 e. The summed E-state index contributed by atoms with van der Waals surface area (Å²) in [7, 11) is 0. The predicted molar refractivity (Wildman–Crippen MR) is 270 cm³/mol. The van der Waals surface area contributed by atoms with Gasteiger partial charge >= 0.3 is 5.97 Å². The SMILES string of the molecule is CC(C)C[C@H](NC(=O)[C@H](CO)NC(=O)CNC(=O)[C@H](CO)NC(=O)[C@H](CCCN=C(N)N)NC(=O)[C@H](Cc1ccccc1)NC(=O)[C@H](Cc1cnc[nH]1)NC(=O)[C@H](Cc1ccccc1)NC(=O)[C@@H](N)[C@@H](C)O)C(=O)O. The zero-order chi connectivity index (χ0) is 55.6. The van der Waals surface area contributed by atoms with Crippen LogP contribution in [-0.4, -0.2) is 170 Å². The first kappa shape index (κ1) is 61.3. The quantitative estimate of drug-likeness (QED) is 0.0158. The van der Waals surface area contributed by atoms with Crippen LogP contribution in [0.4, 0.5) is 0 Å². The summed E-state index contributed by atoms with van der Waals surface area (Å²) in [5.41, 5.74) is 18.4. The number of guanidine groups is 1. The molecule has 0 aliphatic rings. The first-order valence-corrected chi connectivity index (χ1v) is 24.0. The number of aliphatic imine (C=N–C) groups is 1. The lowest BCUT2D eigenvalue weighted by Crippen LogP contribution is -2.61. The third kappa shape index (κ3) is 21.9. The number of carboxylic acid groups (broad SMARTS) is 1. The van der Waals surface area contributed by atoms with Gasteiger partial charge in [0.15, 0.2) is 5.96 Å². The van der Waals surface area contributed by atoms with Crippen molar-refractivity contribution >= 4 is 59.2 Å². The number of nitrogens with zero attached hydrogens (tertiary/aromatic N) is 2. The molecule has 0 unspecified atom stereocenters. The van der Waals surface area contributed by atoms with Gasteiger partial charge in [0.2, 0.25) is 47.3 Å². The molecular weight excluding hydrogens is 981 g/mol. The van der Waals surface area contributed by atoms with Crippen LogP contribution in [-0.2, 0) is 62.4 Å². The molecule has 75 heavy (non-hydrogen) atoms. The van der Waals surface area contributed by atoms with E-state index in [0.717, 1.165) is 0 Å². The van der Waals surface area contributed by atoms with Crippen molar-refractivity contribution in [3.8, 4) is 0 Å². The van der Waals surface area contributed by atoms with Gasteiger partial charge in [-0.05, 0) is 43.2 Å². The number of benzene rings is 2. The van der Waals surface area contributed by atoms with E-state index in [0.29, 0.717) is 16.8 Å². The van der Waals surface area contributed by atoms with Gasteiger partial charge in [-0.15, -0.1) is 0 Å². The fourth-order valence-electron chi connectivity index (χ4n) is 7.18. The maximum Gasteiger partial charge on any atom is 0.326 e. The smallest absolute Gasteiger partial charge is 0.326 e. The highest BCUT2D eigenvalue weighted by Crippen LogP contribution is 2.11. The lowest BCUT2D eigenvalue weighted by Gasteiger charge is -2.27. The number of carbonyl (C=O) groups excluding carboxylic acids is 8. The summed E-state index contributed by atoms with van der Waals surface area (Å²) in [6, 6.07) is 5.37. The van der Waals surface area contributed by atoms with E-state index in [1.165, 1.54) is 19.4 Å². The van der Waals surface area contributed by atoms with Crippen molar-refractivity contribution in [2.45, 2.75) is 114 Å². The zero-order valence-electron chi connectivity index (χ0n) is 41.9. The van der Waals surface area contributed by atoms with E-state index in [1.807, 2.05) is 0 Å². The predicted octanol–water partition coefficient (Wildman–Crippen LogP) is -5.18. The Morgan fingerprint density at radius 2 is 1.07 bits per heavy atom. The minimum absolute atomic E-state index is 0.0155. The fraction of sp³-hybridized carbons (Fsp3) is 0.479. The van der Waals surface area contributed by atoms with Gasteiger partial charge in [0.1, 0.15) is 48.3 Å². The molecule has 27 nitrogen and oxygen atoms in total. The topological polar surface area (TPSA) is 450 Å². The van der Waals surface area contributed by atoms with Crippen molar-refractivity contribution in [1.29, 1.82) is 0 Å². The van der Waals surface area contributed by atoms with Crippen LogP contribution in [0.1, 0.15) is 56.9 Å². The number of aliphatic carboxylic acids is 1. The molecule has 0 radical (unpaired) electrons. The first-order chi connectivity index (χ1) is 35.6. The summed E-state index contributed by atoms with van der Waals surface area (Å²) >= 11 is 0. The molecule has 2 aromatic carbocycles. The van der Waals surface area contributed by atoms with Crippen LogP contribution < -0.4 is 59.7 Å². The van der Waals surface area contributed by atoms with Gasteiger partial charge in [0, 0.05) is 37.7 Å². The Morgan fingerprint density at radius 3 is 1.53 bits per heavy atom. The van der Waals surface area contributed by atoms with E-state index in [2.05, 4.69) is 57.5 Å². The number of imidazole rings is 1. The Kier molecular flexibility index (Phi) is 25.8. The monoisotopic (exact) mass is 1050 g/mol. The molecule has 1 aromatic heterocycles. The van der Waals surface area contributed by atoms with E-state index < -0.39 is 127 Å². The van der Waals surface area contributed by atoms with E-state index >= 15 is 0 Å². The number of H-pyrrole nitrogens is 1. The summed E-state index contributed by atoms with van der Waals surface area (Å²) in [6.45, 7) is 1.99. The third-order valence-electron chi connectivity index (χ3n) is 11.2. The molecular formula is C48H70N14O13. The number of nitrogens with one attached hydrogen (secondary N) is 9. The highest BCUT2D eigenvalue weighted by molar-refractivity contribution is 5.98. The van der Waals surface area contributed by atoms with Crippen LogP contribution in [0.25, 0.3) is 0 Å². The number of rotatable bonds is 32. The minimum atomic E-state index is -1.73.